The van der Waals surface area contributed by atoms with Gasteiger partial charge in [-0.05, 0) is 81.0 Å². The van der Waals surface area contributed by atoms with Crippen molar-refractivity contribution in [2.45, 2.75) is 183 Å². The lowest BCUT2D eigenvalue weighted by Crippen LogP contribution is -2.60. The van der Waals surface area contributed by atoms with Crippen LogP contribution in [0.3, 0.4) is 0 Å². The number of carboxylic acid groups (broad SMARTS) is 1. The van der Waals surface area contributed by atoms with E-state index < -0.39 is 120 Å². The second-order valence-corrected chi connectivity index (χ2v) is 31.2. The molecular weight excluding hydrogens is 1540 g/mol. The van der Waals surface area contributed by atoms with Gasteiger partial charge in [-0.3, -0.25) is 72.0 Å². The van der Waals surface area contributed by atoms with E-state index >= 15 is 4.79 Å². The number of aliphatic carboxylic acids is 1. The highest BCUT2D eigenvalue weighted by atomic mass is 32.2. The van der Waals surface area contributed by atoms with Crippen molar-refractivity contribution < 1.29 is 86.4 Å². The van der Waals surface area contributed by atoms with Crippen molar-refractivity contribution in [1.29, 1.82) is 0 Å². The molecule has 2 aromatic carbocycles. The molecule has 0 spiro atoms. The summed E-state index contributed by atoms with van der Waals surface area (Å²) in [5, 5.41) is 40.8. The highest BCUT2D eigenvalue weighted by Gasteiger charge is 2.45. The largest absolute Gasteiger partial charge is 0.481 e. The summed E-state index contributed by atoms with van der Waals surface area (Å²) in [4.78, 5) is 199. The van der Waals surface area contributed by atoms with Gasteiger partial charge in [0.2, 0.25) is 76.8 Å². The molecule has 4 aliphatic rings. The van der Waals surface area contributed by atoms with Crippen LogP contribution in [0, 0.1) is 5.92 Å². The van der Waals surface area contributed by atoms with Crippen molar-refractivity contribution in [3.8, 4) is 0 Å². The quantitative estimate of drug-likeness (QED) is 0.0337. The summed E-state index contributed by atoms with van der Waals surface area (Å²) < 4.78 is 17.0. The average molecular weight is 1670 g/mol. The minimum absolute atomic E-state index is 0.00431. The van der Waals surface area contributed by atoms with E-state index in [1.165, 1.54) is 33.3 Å². The molecule has 6 rings (SSSR count). The maximum atomic E-state index is 15.2. The Kier molecular flexibility index (Phi) is 45.2. The molecule has 2 aromatic rings. The smallest absolute Gasteiger partial charge is 0.305 e. The van der Waals surface area contributed by atoms with Gasteiger partial charge >= 0.3 is 5.97 Å². The number of thioether (sulfide) groups is 2. The van der Waals surface area contributed by atoms with Crippen LogP contribution in [0.2, 0.25) is 0 Å². The highest BCUT2D eigenvalue weighted by molar-refractivity contribution is 7.98. The molecule has 13 amide bonds. The fourth-order valence-electron chi connectivity index (χ4n) is 13.7. The molecule has 0 aromatic heterocycles. The van der Waals surface area contributed by atoms with Crippen LogP contribution in [0.15, 0.2) is 54.6 Å². The molecule has 3 saturated heterocycles. The van der Waals surface area contributed by atoms with E-state index in [4.69, 9.17) is 25.7 Å². The van der Waals surface area contributed by atoms with E-state index in [1.54, 1.807) is 37.3 Å². The summed E-state index contributed by atoms with van der Waals surface area (Å²) in [5.41, 5.74) is 13.4. The fourth-order valence-corrected chi connectivity index (χ4v) is 15.7. The first kappa shape index (κ1) is 96.3. The van der Waals surface area contributed by atoms with Crippen LogP contribution in [-0.2, 0) is 99.3 Å². The summed E-state index contributed by atoms with van der Waals surface area (Å²) in [5.74, 6) is -8.01. The van der Waals surface area contributed by atoms with Gasteiger partial charge in [-0.15, -0.1) is 0 Å². The third-order valence-corrected chi connectivity index (χ3v) is 22.3. The van der Waals surface area contributed by atoms with Crippen LogP contribution in [0.4, 0.5) is 0 Å². The zero-order valence-corrected chi connectivity index (χ0v) is 69.2. The van der Waals surface area contributed by atoms with Gasteiger partial charge in [0, 0.05) is 147 Å². The number of primary amides is 1. The fraction of sp³-hybridized carbons (Fsp3) is 0.671. The monoisotopic (exact) mass is 1660 g/mol. The number of amides is 13. The van der Waals surface area contributed by atoms with E-state index in [0.717, 1.165) is 17.7 Å². The lowest BCUT2D eigenvalue weighted by Gasteiger charge is -2.36. The van der Waals surface area contributed by atoms with Crippen molar-refractivity contribution in [2.24, 2.45) is 17.4 Å². The topological polar surface area (TPSA) is 484 Å². The van der Waals surface area contributed by atoms with Crippen LogP contribution in [0.5, 0.6) is 0 Å². The second kappa shape index (κ2) is 54.4. The Bertz CT molecular complexity index is 3480. The molecule has 35 nitrogen and oxygen atoms in total. The van der Waals surface area contributed by atoms with Gasteiger partial charge in [-0.25, -0.2) is 0 Å². The molecule has 3 fully saturated rings. The average Bonchev–Trinajstić information content (AvgIpc) is 1.64. The molecule has 9 atom stereocenters. The van der Waals surface area contributed by atoms with Gasteiger partial charge in [0.1, 0.15) is 48.3 Å². The van der Waals surface area contributed by atoms with E-state index in [0.29, 0.717) is 154 Å². The molecule has 4 aliphatic heterocycles. The maximum Gasteiger partial charge on any atom is 0.305 e. The number of nitrogens with two attached hydrogens (primary N) is 2. The molecular formula is C79H125N17O18S2. The van der Waals surface area contributed by atoms with Crippen LogP contribution >= 0.6 is 23.5 Å². The molecule has 4 heterocycles. The molecule has 0 radical (unpaired) electrons. The minimum Gasteiger partial charge on any atom is -0.481 e. The molecule has 16 N–H and O–H groups in total. The number of piperazine rings is 1. The highest BCUT2D eigenvalue weighted by Crippen LogP contribution is 2.28. The Morgan fingerprint density at radius 2 is 1.19 bits per heavy atom. The molecule has 0 aliphatic carbocycles. The molecule has 37 heteroatoms. The van der Waals surface area contributed by atoms with Crippen LogP contribution in [-0.4, -0.2) is 305 Å². The number of hydrogen-bond donors (Lipinski definition) is 14. The van der Waals surface area contributed by atoms with Gasteiger partial charge < -0.3 is 104 Å². The van der Waals surface area contributed by atoms with E-state index in [-0.39, 0.29) is 126 Å². The first-order valence-corrected chi connectivity index (χ1v) is 43.2. The SMILES string of the molecule is CCCC[C@H](NC(=O)CCC(=O)NCCCOCCOCCOCCCNC(=O)CN1CCN(C(=O)C(CNCC)CNCCN)CC1)C(=O)N[C@H]1CSCc2cccc(c2)CSC[C@@H](C(=O)NCCC(=O)O)NC(=O)[C@H](Cc2ccccc2)NC(=O)[C@H](CCC(N)=O)NC(=O)[C@H](CC)NC(=O)[C@@H]2CCCN2C(=O)[C@@H]2CCCN2C1=O. The summed E-state index contributed by atoms with van der Waals surface area (Å²) in [6.45, 7) is 14.2. The third-order valence-electron chi connectivity index (χ3n) is 20.1. The van der Waals surface area contributed by atoms with Crippen molar-refractivity contribution in [2.75, 3.05) is 149 Å². The van der Waals surface area contributed by atoms with Gasteiger partial charge in [0.25, 0.3) is 0 Å². The third kappa shape index (κ3) is 35.3. The Morgan fingerprint density at radius 3 is 1.83 bits per heavy atom. The number of nitrogens with zero attached hydrogens (tertiary/aromatic N) is 4. The van der Waals surface area contributed by atoms with Crippen molar-refractivity contribution in [3.05, 3.63) is 71.3 Å². The molecule has 1 unspecified atom stereocenters. The minimum atomic E-state index is -1.49. The molecule has 2 bridgehead atoms. The van der Waals surface area contributed by atoms with Crippen molar-refractivity contribution in [1.82, 2.24) is 78.1 Å². The Hall–Kier alpha value is -8.56. The number of benzene rings is 2. The molecule has 116 heavy (non-hydrogen) atoms. The van der Waals surface area contributed by atoms with Crippen molar-refractivity contribution >= 4 is 106 Å². The summed E-state index contributed by atoms with van der Waals surface area (Å²) in [6, 6.07) is 6.32. The number of rotatable bonds is 43. The number of carbonyl (C=O) groups is 14. The maximum absolute atomic E-state index is 15.2. The van der Waals surface area contributed by atoms with Gasteiger partial charge in [0.15, 0.2) is 0 Å². The Balaban J connectivity index is 1.01. The predicted molar refractivity (Wildman–Crippen MR) is 437 cm³/mol. The molecule has 646 valence electrons. The first-order chi connectivity index (χ1) is 56.0. The number of carbonyl (C=O) groups excluding carboxylic acids is 13. The lowest BCUT2D eigenvalue weighted by atomic mass is 10.0. The van der Waals surface area contributed by atoms with Gasteiger partial charge in [-0.1, -0.05) is 88.2 Å². The number of unbranched alkanes of at least 4 members (excludes halogenated alkanes) is 1. The number of fused-ring (bicyclic) bond motifs is 4. The molecule has 0 saturated carbocycles. The lowest BCUT2D eigenvalue weighted by molar-refractivity contribution is -0.148. The van der Waals surface area contributed by atoms with Crippen LogP contribution in [0.1, 0.15) is 134 Å². The number of ether oxygens (including phenoxy) is 3. The van der Waals surface area contributed by atoms with Crippen LogP contribution < -0.4 is 70.0 Å². The first-order valence-electron chi connectivity index (χ1n) is 40.9. The Morgan fingerprint density at radius 1 is 0.595 bits per heavy atom. The number of carboxylic acids is 1. The van der Waals surface area contributed by atoms with Crippen molar-refractivity contribution in [3.63, 3.8) is 0 Å². The van der Waals surface area contributed by atoms with E-state index in [1.807, 2.05) is 43.0 Å². The van der Waals surface area contributed by atoms with Gasteiger partial charge in [0.05, 0.1) is 45.3 Å². The summed E-state index contributed by atoms with van der Waals surface area (Å²) in [6.07, 6.45) is 2.18. The zero-order valence-electron chi connectivity index (χ0n) is 67.5. The summed E-state index contributed by atoms with van der Waals surface area (Å²) in [7, 11) is 0. The van der Waals surface area contributed by atoms with Crippen LogP contribution in [0.25, 0.3) is 0 Å². The number of hydrogen-bond acceptors (Lipinski definition) is 23. The Labute approximate surface area is 688 Å². The number of nitrogens with one attached hydrogen (secondary N) is 11. The standard InChI is InChI=1S/C79H125N17O18S2/c1-4-7-20-59(87-68(99)26-25-67(98)84-29-14-39-112-41-43-114-44-42-113-40-15-30-85-69(100)49-93-35-37-94(38-36-93)77(109)57(47-82-6-3)48-83-32-28-80)73(105)92-63-53-116-51-56-19-11-18-55(45-56)50-115-52-62(71(103)86-31-27-70(101)102)91-75(107)61(46-54-16-9-8-10-17-54)90-74(106)60(23-24-66(81)97)89-72(104)58(5-2)88-76(108)64-21-12-33-95(64)79(111)65-22-13-34-96(65)78(63)110/h8-11,16-19,45,57-65,82-83H,4-7,12-15,20-44,46-53,80H2,1-3H3,(H2,81,97)(H,84,98)(H,85,100)(H,86,103)(H,87,99)(H,88,108)(H,89,104)(H,90,106)(H,91,107)(H,92,105)(H,101,102)/t57?,58-,59-,60-,61-,62-,63-,64-,65-/m0/s1. The normalized spacial score (nSPS) is 20.9. The van der Waals surface area contributed by atoms with E-state index in [9.17, 15) is 67.4 Å². The van der Waals surface area contributed by atoms with E-state index in [2.05, 4.69) is 63.4 Å². The second-order valence-electron chi connectivity index (χ2n) is 29.2. The van der Waals surface area contributed by atoms with Gasteiger partial charge in [-0.2, -0.15) is 23.5 Å². The zero-order chi connectivity index (χ0) is 84.0. The predicted octanol–water partition coefficient (Wildman–Crippen LogP) is -1.48. The summed E-state index contributed by atoms with van der Waals surface area (Å²) >= 11 is 2.62.